The first-order chi connectivity index (χ1) is 19.4. The maximum absolute atomic E-state index is 14.1. The molecule has 1 unspecified atom stereocenters. The van der Waals surface area contributed by atoms with Gasteiger partial charge in [-0.3, -0.25) is 14.0 Å². The van der Waals surface area contributed by atoms with E-state index in [1.807, 2.05) is 45.9 Å². The summed E-state index contributed by atoms with van der Waals surface area (Å²) >= 11 is 0. The summed E-state index contributed by atoms with van der Waals surface area (Å²) in [5, 5.41) is 9.57. The summed E-state index contributed by atoms with van der Waals surface area (Å²) in [4.78, 5) is 15.1. The Morgan fingerprint density at radius 3 is 2.40 bits per heavy atom. The minimum atomic E-state index is -4.71. The van der Waals surface area contributed by atoms with Crippen molar-refractivity contribution in [3.05, 3.63) is 59.7 Å². The van der Waals surface area contributed by atoms with Crippen molar-refractivity contribution in [3.8, 4) is 0 Å². The second-order valence-corrected chi connectivity index (χ2v) is 14.3. The van der Waals surface area contributed by atoms with E-state index in [0.29, 0.717) is 37.0 Å². The molecule has 2 atom stereocenters. The molecule has 1 N–H and O–H groups in total. The summed E-state index contributed by atoms with van der Waals surface area (Å²) in [6, 6.07) is 8.20. The molecular formula is C30H36F3N3O5S. The fraction of sp³-hybridized carbons (Fsp3) is 0.500. The van der Waals surface area contributed by atoms with Gasteiger partial charge in [0.25, 0.3) is 10.0 Å². The first kappa shape index (κ1) is 30.4. The van der Waals surface area contributed by atoms with Crippen LogP contribution in [0, 0.1) is 0 Å². The van der Waals surface area contributed by atoms with Gasteiger partial charge < -0.3 is 14.7 Å². The summed E-state index contributed by atoms with van der Waals surface area (Å²) in [5.74, 6) is -0.978. The highest BCUT2D eigenvalue weighted by molar-refractivity contribution is 7.92. The Hall–Kier alpha value is -3.09. The number of carbonyl (C=O) groups is 1. The van der Waals surface area contributed by atoms with Gasteiger partial charge in [0.05, 0.1) is 45.6 Å². The normalized spacial score (nSPS) is 23.0. The highest BCUT2D eigenvalue weighted by atomic mass is 32.2. The topological polar surface area (TPSA) is 90.4 Å². The number of aliphatic carboxylic acids is 1. The average Bonchev–Trinajstić information content (AvgIpc) is 2.89. The van der Waals surface area contributed by atoms with Crippen LogP contribution in [0.25, 0.3) is 5.57 Å². The minimum Gasteiger partial charge on any atom is -0.480 e. The van der Waals surface area contributed by atoms with Crippen molar-refractivity contribution in [3.63, 3.8) is 0 Å². The summed E-state index contributed by atoms with van der Waals surface area (Å²) in [6.45, 7) is 10.7. The van der Waals surface area contributed by atoms with Crippen LogP contribution in [0.3, 0.4) is 0 Å². The molecule has 12 heteroatoms. The van der Waals surface area contributed by atoms with Crippen molar-refractivity contribution in [2.75, 3.05) is 35.4 Å². The number of halogens is 3. The summed E-state index contributed by atoms with van der Waals surface area (Å²) in [6.07, 6.45) is -2.10. The van der Waals surface area contributed by atoms with Gasteiger partial charge in [0.1, 0.15) is 6.04 Å². The van der Waals surface area contributed by atoms with Gasteiger partial charge in [-0.15, -0.1) is 0 Å². The number of carboxylic acid groups (broad SMARTS) is 1. The molecule has 8 nitrogen and oxygen atoms in total. The Labute approximate surface area is 244 Å². The first-order valence-electron chi connectivity index (χ1n) is 13.9. The molecule has 0 saturated carbocycles. The molecule has 3 aliphatic rings. The van der Waals surface area contributed by atoms with Gasteiger partial charge in [-0.05, 0) is 82.2 Å². The number of alkyl halides is 3. The van der Waals surface area contributed by atoms with Crippen molar-refractivity contribution in [1.29, 1.82) is 0 Å². The van der Waals surface area contributed by atoms with Crippen molar-refractivity contribution in [2.24, 2.45) is 0 Å². The Kier molecular flexibility index (Phi) is 7.43. The number of nitrogens with zero attached hydrogens (tertiary/aromatic N) is 3. The zero-order valence-corrected chi connectivity index (χ0v) is 25.1. The van der Waals surface area contributed by atoms with E-state index in [1.165, 1.54) is 10.4 Å². The van der Waals surface area contributed by atoms with Gasteiger partial charge >= 0.3 is 12.1 Å². The fourth-order valence-electron chi connectivity index (χ4n) is 6.40. The monoisotopic (exact) mass is 607 g/mol. The molecule has 228 valence electrons. The smallest absolute Gasteiger partial charge is 0.416 e. The van der Waals surface area contributed by atoms with Crippen LogP contribution < -0.4 is 9.21 Å². The number of sulfonamides is 1. The maximum atomic E-state index is 14.1. The van der Waals surface area contributed by atoms with Crippen LogP contribution in [-0.4, -0.2) is 73.9 Å². The van der Waals surface area contributed by atoms with Gasteiger partial charge in [-0.2, -0.15) is 13.2 Å². The number of hydrogen-bond donors (Lipinski definition) is 1. The molecule has 1 fully saturated rings. The highest BCUT2D eigenvalue weighted by Gasteiger charge is 2.43. The molecule has 0 bridgehead atoms. The molecule has 2 aromatic carbocycles. The van der Waals surface area contributed by atoms with Gasteiger partial charge in [0.15, 0.2) is 0 Å². The largest absolute Gasteiger partial charge is 0.480 e. The molecule has 0 radical (unpaired) electrons. The number of ether oxygens (including phenoxy) is 1. The highest BCUT2D eigenvalue weighted by Crippen LogP contribution is 2.45. The Morgan fingerprint density at radius 1 is 1.05 bits per heavy atom. The van der Waals surface area contributed by atoms with E-state index >= 15 is 0 Å². The second-order valence-electron chi connectivity index (χ2n) is 12.4. The molecule has 0 aromatic heterocycles. The van der Waals surface area contributed by atoms with Crippen molar-refractivity contribution >= 4 is 32.9 Å². The molecule has 0 amide bonds. The molecular weight excluding hydrogens is 571 g/mol. The Bertz CT molecular complexity index is 1540. The van der Waals surface area contributed by atoms with Crippen LogP contribution in [0.5, 0.6) is 0 Å². The number of piperazine rings is 1. The van der Waals surface area contributed by atoms with Gasteiger partial charge in [0.2, 0.25) is 0 Å². The third-order valence-corrected chi connectivity index (χ3v) is 9.92. The summed E-state index contributed by atoms with van der Waals surface area (Å²) in [5.41, 5.74) is 0.737. The van der Waals surface area contributed by atoms with E-state index in [1.54, 1.807) is 17.9 Å². The van der Waals surface area contributed by atoms with Gasteiger partial charge in [-0.25, -0.2) is 8.42 Å². The third kappa shape index (κ3) is 5.76. The molecule has 3 heterocycles. The summed E-state index contributed by atoms with van der Waals surface area (Å²) < 4.78 is 76.2. The molecule has 42 heavy (non-hydrogen) atoms. The fourth-order valence-corrected chi connectivity index (χ4v) is 7.95. The SMILES string of the molecule is CC(C(=O)O)N1CCN2c3ccc(C4=CC(C)(C)OC(C)(C)C4)cc3N(S(=O)(=O)c3cccc(C(F)(F)F)c3)C[C@@H]2C1. The Morgan fingerprint density at radius 2 is 1.76 bits per heavy atom. The number of hydrogen-bond acceptors (Lipinski definition) is 6. The van der Waals surface area contributed by atoms with Crippen molar-refractivity contribution < 1.29 is 36.2 Å². The first-order valence-corrected chi connectivity index (χ1v) is 15.3. The van der Waals surface area contributed by atoms with E-state index in [4.69, 9.17) is 4.74 Å². The summed E-state index contributed by atoms with van der Waals surface area (Å²) in [7, 11) is -4.43. The van der Waals surface area contributed by atoms with Crippen LogP contribution >= 0.6 is 0 Å². The van der Waals surface area contributed by atoms with Crippen LogP contribution in [-0.2, 0) is 25.7 Å². The molecule has 2 aromatic rings. The molecule has 0 aliphatic carbocycles. The second kappa shape index (κ2) is 10.3. The average molecular weight is 608 g/mol. The number of benzene rings is 2. The third-order valence-electron chi connectivity index (χ3n) is 8.15. The standard InChI is InChI=1S/C30H36F3N3O5S/c1-19(27(37)38)34-11-12-35-23(17-34)18-36(42(39,40)24-8-6-7-22(14-24)30(31,32)33)26-13-20(9-10-25(26)35)21-15-28(2,3)41-29(4,5)16-21/h6-10,13-15,19,23H,11-12,16-18H2,1-5H3,(H,37,38)/t19?,23-/m0/s1. The van der Waals surface area contributed by atoms with Crippen LogP contribution in [0.2, 0.25) is 0 Å². The van der Waals surface area contributed by atoms with Crippen molar-refractivity contribution in [1.82, 2.24) is 4.90 Å². The lowest BCUT2D eigenvalue weighted by atomic mass is 9.85. The van der Waals surface area contributed by atoms with E-state index in [-0.39, 0.29) is 13.1 Å². The van der Waals surface area contributed by atoms with E-state index in [9.17, 15) is 31.5 Å². The number of carboxylic acids is 1. The molecule has 5 rings (SSSR count). The van der Waals surface area contributed by atoms with E-state index in [2.05, 4.69) is 4.90 Å². The Balaban J connectivity index is 1.62. The minimum absolute atomic E-state index is 0.0446. The predicted molar refractivity (Wildman–Crippen MR) is 154 cm³/mol. The van der Waals surface area contributed by atoms with Crippen molar-refractivity contribution in [2.45, 2.75) is 75.4 Å². The lowest BCUT2D eigenvalue weighted by molar-refractivity contribution is -0.143. The zero-order valence-electron chi connectivity index (χ0n) is 24.3. The molecule has 1 saturated heterocycles. The van der Waals surface area contributed by atoms with Gasteiger partial charge in [-0.1, -0.05) is 12.1 Å². The maximum Gasteiger partial charge on any atom is 0.416 e. The quantitative estimate of drug-likeness (QED) is 0.497. The van der Waals surface area contributed by atoms with E-state index in [0.717, 1.165) is 23.3 Å². The van der Waals surface area contributed by atoms with Crippen LogP contribution in [0.4, 0.5) is 24.5 Å². The lowest BCUT2D eigenvalue weighted by Gasteiger charge is -2.50. The molecule has 0 spiro atoms. The number of anilines is 2. The number of fused-ring (bicyclic) bond motifs is 3. The lowest BCUT2D eigenvalue weighted by Crippen LogP contribution is -2.62. The van der Waals surface area contributed by atoms with Crippen LogP contribution in [0.1, 0.15) is 52.2 Å². The van der Waals surface area contributed by atoms with Crippen LogP contribution in [0.15, 0.2) is 53.4 Å². The van der Waals surface area contributed by atoms with Gasteiger partial charge in [0, 0.05) is 26.1 Å². The van der Waals surface area contributed by atoms with E-state index < -0.39 is 55.9 Å². The molecule has 3 aliphatic heterocycles. The number of rotatable bonds is 5. The predicted octanol–water partition coefficient (Wildman–Crippen LogP) is 5.24. The zero-order chi connectivity index (χ0) is 30.8.